The van der Waals surface area contributed by atoms with Crippen molar-refractivity contribution in [1.82, 2.24) is 0 Å². The summed E-state index contributed by atoms with van der Waals surface area (Å²) in [6.07, 6.45) is -1.14. The molecule has 2 aromatic rings. The minimum atomic E-state index is -2.98. The van der Waals surface area contributed by atoms with Crippen molar-refractivity contribution in [1.29, 1.82) is 0 Å². The lowest BCUT2D eigenvalue weighted by molar-refractivity contribution is -0.0515. The topological polar surface area (TPSA) is 29.5 Å². The van der Waals surface area contributed by atoms with Crippen molar-refractivity contribution in [2.75, 3.05) is 0 Å². The summed E-state index contributed by atoms with van der Waals surface area (Å²) in [7, 11) is 0. The van der Waals surface area contributed by atoms with Crippen LogP contribution in [0.15, 0.2) is 48.5 Å². The lowest BCUT2D eigenvalue weighted by Gasteiger charge is -2.16. The summed E-state index contributed by atoms with van der Waals surface area (Å²) in [6, 6.07) is 11.9. The lowest BCUT2D eigenvalue weighted by Crippen LogP contribution is -2.09. The zero-order valence-electron chi connectivity index (χ0n) is 10.5. The first-order valence-electron chi connectivity index (χ1n) is 6.03. The van der Waals surface area contributed by atoms with Gasteiger partial charge in [-0.05, 0) is 17.7 Å². The number of benzene rings is 2. The molecule has 0 radical (unpaired) electrons. The van der Waals surface area contributed by atoms with Crippen LogP contribution in [0.4, 0.5) is 13.2 Å². The Morgan fingerprint density at radius 3 is 2.35 bits per heavy atom. The fraction of sp³-hybridized carbons (Fsp3) is 0.200. The molecule has 0 saturated heterocycles. The van der Waals surface area contributed by atoms with Crippen LogP contribution in [0.1, 0.15) is 17.2 Å². The Labute approximate surface area is 114 Å². The Balaban J connectivity index is 2.21. The first-order chi connectivity index (χ1) is 9.58. The standard InChI is InChI=1S/C15H13F3O2/c16-12-7-3-1-5-10(12)9-13(19)11-6-2-4-8-14(11)20-15(17)18/h1-8,13,15,19H,9H2. The molecule has 0 heterocycles. The summed E-state index contributed by atoms with van der Waals surface area (Å²) in [5.74, 6) is -0.551. The first kappa shape index (κ1) is 14.4. The van der Waals surface area contributed by atoms with Crippen LogP contribution in [0.3, 0.4) is 0 Å². The van der Waals surface area contributed by atoms with Gasteiger partial charge in [0.15, 0.2) is 0 Å². The van der Waals surface area contributed by atoms with E-state index >= 15 is 0 Å². The van der Waals surface area contributed by atoms with E-state index in [9.17, 15) is 18.3 Å². The van der Waals surface area contributed by atoms with E-state index < -0.39 is 18.5 Å². The summed E-state index contributed by atoms with van der Waals surface area (Å²) in [5, 5.41) is 10.1. The van der Waals surface area contributed by atoms with Crippen LogP contribution < -0.4 is 4.74 Å². The SMILES string of the molecule is OC(Cc1ccccc1F)c1ccccc1OC(F)F. The van der Waals surface area contributed by atoms with Crippen molar-refractivity contribution in [2.45, 2.75) is 19.1 Å². The van der Waals surface area contributed by atoms with Crippen LogP contribution in [-0.2, 0) is 6.42 Å². The van der Waals surface area contributed by atoms with Gasteiger partial charge in [0, 0.05) is 12.0 Å². The molecule has 0 aliphatic rings. The molecule has 0 aliphatic heterocycles. The summed E-state index contributed by atoms with van der Waals surface area (Å²) in [5.41, 5.74) is 0.517. The van der Waals surface area contributed by atoms with E-state index in [4.69, 9.17) is 0 Å². The van der Waals surface area contributed by atoms with Gasteiger partial charge in [-0.15, -0.1) is 0 Å². The average Bonchev–Trinajstić information content (AvgIpc) is 2.41. The second kappa shape index (κ2) is 6.43. The Morgan fingerprint density at radius 1 is 1.00 bits per heavy atom. The van der Waals surface area contributed by atoms with Gasteiger partial charge in [-0.1, -0.05) is 36.4 Å². The predicted molar refractivity (Wildman–Crippen MR) is 68.1 cm³/mol. The van der Waals surface area contributed by atoms with E-state index in [1.807, 2.05) is 0 Å². The van der Waals surface area contributed by atoms with Crippen LogP contribution in [-0.4, -0.2) is 11.7 Å². The van der Waals surface area contributed by atoms with Crippen molar-refractivity contribution in [3.63, 3.8) is 0 Å². The predicted octanol–water partition coefficient (Wildman–Crippen LogP) is 3.70. The van der Waals surface area contributed by atoms with Gasteiger partial charge in [0.05, 0.1) is 6.10 Å². The van der Waals surface area contributed by atoms with Crippen LogP contribution in [0.2, 0.25) is 0 Å². The zero-order valence-corrected chi connectivity index (χ0v) is 10.5. The molecule has 0 spiro atoms. The highest BCUT2D eigenvalue weighted by Crippen LogP contribution is 2.29. The highest BCUT2D eigenvalue weighted by Gasteiger charge is 2.17. The maximum Gasteiger partial charge on any atom is 0.387 e. The van der Waals surface area contributed by atoms with Crippen LogP contribution >= 0.6 is 0 Å². The molecule has 106 valence electrons. The van der Waals surface area contributed by atoms with E-state index in [0.717, 1.165) is 0 Å². The van der Waals surface area contributed by atoms with Gasteiger partial charge in [0.1, 0.15) is 11.6 Å². The lowest BCUT2D eigenvalue weighted by atomic mass is 10.0. The normalized spacial score (nSPS) is 12.4. The number of halogens is 3. The molecule has 0 amide bonds. The molecule has 1 unspecified atom stereocenters. The number of aliphatic hydroxyl groups is 1. The number of hydrogen-bond donors (Lipinski definition) is 1. The van der Waals surface area contributed by atoms with Crippen molar-refractivity contribution in [2.24, 2.45) is 0 Å². The fourth-order valence-corrected chi connectivity index (χ4v) is 1.94. The molecule has 2 aromatic carbocycles. The van der Waals surface area contributed by atoms with Crippen molar-refractivity contribution in [3.8, 4) is 5.75 Å². The molecule has 0 fully saturated rings. The molecule has 2 nitrogen and oxygen atoms in total. The van der Waals surface area contributed by atoms with Gasteiger partial charge >= 0.3 is 6.61 Å². The third kappa shape index (κ3) is 3.51. The number of alkyl halides is 2. The molecular weight excluding hydrogens is 269 g/mol. The average molecular weight is 282 g/mol. The third-order valence-electron chi connectivity index (χ3n) is 2.87. The second-order valence-corrected chi connectivity index (χ2v) is 4.23. The summed E-state index contributed by atoms with van der Waals surface area (Å²) >= 11 is 0. The summed E-state index contributed by atoms with van der Waals surface area (Å²) in [4.78, 5) is 0. The Hall–Kier alpha value is -2.01. The Bertz CT molecular complexity index is 573. The summed E-state index contributed by atoms with van der Waals surface area (Å²) in [6.45, 7) is -2.98. The number of rotatable bonds is 5. The van der Waals surface area contributed by atoms with Crippen LogP contribution in [0, 0.1) is 5.82 Å². The largest absolute Gasteiger partial charge is 0.434 e. The number of para-hydroxylation sites is 1. The monoisotopic (exact) mass is 282 g/mol. The fourth-order valence-electron chi connectivity index (χ4n) is 1.94. The Morgan fingerprint density at radius 2 is 1.65 bits per heavy atom. The minimum absolute atomic E-state index is 0.0176. The minimum Gasteiger partial charge on any atom is -0.434 e. The van der Waals surface area contributed by atoms with Crippen molar-refractivity contribution in [3.05, 3.63) is 65.5 Å². The summed E-state index contributed by atoms with van der Waals surface area (Å²) < 4.78 is 42.4. The van der Waals surface area contributed by atoms with Crippen molar-refractivity contribution >= 4 is 0 Å². The molecule has 20 heavy (non-hydrogen) atoms. The molecule has 0 aromatic heterocycles. The molecule has 0 saturated carbocycles. The maximum atomic E-state index is 13.5. The molecule has 2 rings (SSSR count). The van der Waals surface area contributed by atoms with E-state index in [-0.39, 0.29) is 17.7 Å². The highest BCUT2D eigenvalue weighted by molar-refractivity contribution is 5.36. The van der Waals surface area contributed by atoms with Crippen LogP contribution in [0.25, 0.3) is 0 Å². The molecule has 5 heteroatoms. The van der Waals surface area contributed by atoms with Gasteiger partial charge in [-0.25, -0.2) is 4.39 Å². The van der Waals surface area contributed by atoms with Gasteiger partial charge in [0.25, 0.3) is 0 Å². The van der Waals surface area contributed by atoms with Gasteiger partial charge < -0.3 is 9.84 Å². The van der Waals surface area contributed by atoms with E-state index in [2.05, 4.69) is 4.74 Å². The Kier molecular flexibility index (Phi) is 4.63. The van der Waals surface area contributed by atoms with Crippen molar-refractivity contribution < 1.29 is 23.0 Å². The maximum absolute atomic E-state index is 13.5. The molecule has 0 aliphatic carbocycles. The van der Waals surface area contributed by atoms with Gasteiger partial charge in [-0.3, -0.25) is 0 Å². The molecule has 0 bridgehead atoms. The van der Waals surface area contributed by atoms with E-state index in [0.29, 0.717) is 5.56 Å². The number of hydrogen-bond acceptors (Lipinski definition) is 2. The third-order valence-corrected chi connectivity index (χ3v) is 2.87. The second-order valence-electron chi connectivity index (χ2n) is 4.23. The van der Waals surface area contributed by atoms with E-state index in [1.165, 1.54) is 30.3 Å². The first-order valence-corrected chi connectivity index (χ1v) is 6.03. The number of ether oxygens (including phenoxy) is 1. The van der Waals surface area contributed by atoms with Gasteiger partial charge in [0.2, 0.25) is 0 Å². The van der Waals surface area contributed by atoms with Gasteiger partial charge in [-0.2, -0.15) is 8.78 Å². The number of aliphatic hydroxyl groups excluding tert-OH is 1. The van der Waals surface area contributed by atoms with E-state index in [1.54, 1.807) is 18.2 Å². The smallest absolute Gasteiger partial charge is 0.387 e. The van der Waals surface area contributed by atoms with Crippen LogP contribution in [0.5, 0.6) is 5.75 Å². The molecule has 1 N–H and O–H groups in total. The molecule has 1 atom stereocenters. The quantitative estimate of drug-likeness (QED) is 0.906. The molecular formula is C15H13F3O2. The highest BCUT2D eigenvalue weighted by atomic mass is 19.3. The zero-order chi connectivity index (χ0) is 14.5.